The molecule has 0 aromatic heterocycles. The molecule has 0 aliphatic carbocycles. The lowest BCUT2D eigenvalue weighted by Gasteiger charge is -2.25. The van der Waals surface area contributed by atoms with Crippen LogP contribution in [0.5, 0.6) is 0 Å². The van der Waals surface area contributed by atoms with Crippen LogP contribution in [0.1, 0.15) is 35.7 Å². The Labute approximate surface area is 165 Å². The second-order valence-electron chi connectivity index (χ2n) is 7.01. The number of carbonyl (C=O) groups excluding carboxylic acids is 2. The van der Waals surface area contributed by atoms with Crippen molar-refractivity contribution in [3.8, 4) is 11.1 Å². The van der Waals surface area contributed by atoms with Crippen molar-refractivity contribution in [2.75, 3.05) is 13.7 Å². The first-order valence-electron chi connectivity index (χ1n) is 9.56. The lowest BCUT2D eigenvalue weighted by atomic mass is 10.0. The quantitative estimate of drug-likeness (QED) is 0.595. The minimum absolute atomic E-state index is 0.252. The van der Waals surface area contributed by atoms with Gasteiger partial charge < -0.3 is 9.64 Å². The van der Waals surface area contributed by atoms with Crippen molar-refractivity contribution in [3.63, 3.8) is 0 Å². The van der Waals surface area contributed by atoms with Gasteiger partial charge in [-0.3, -0.25) is 14.8 Å². The van der Waals surface area contributed by atoms with Crippen molar-refractivity contribution in [1.29, 1.82) is 0 Å². The van der Waals surface area contributed by atoms with Crippen LogP contribution in [-0.4, -0.2) is 47.7 Å². The fourth-order valence-corrected chi connectivity index (χ4v) is 3.74. The second kappa shape index (κ2) is 8.99. The molecule has 1 fully saturated rings. The zero-order valence-corrected chi connectivity index (χ0v) is 16.2. The van der Waals surface area contributed by atoms with Crippen LogP contribution < -0.4 is 5.48 Å². The molecule has 6 nitrogen and oxygen atoms in total. The van der Waals surface area contributed by atoms with E-state index in [0.29, 0.717) is 18.5 Å². The van der Waals surface area contributed by atoms with Gasteiger partial charge in [0, 0.05) is 19.2 Å². The molecule has 28 heavy (non-hydrogen) atoms. The summed E-state index contributed by atoms with van der Waals surface area (Å²) in [5.74, 6) is -0.889. The number of carbonyl (C=O) groups is 2. The van der Waals surface area contributed by atoms with Gasteiger partial charge in [-0.1, -0.05) is 49.7 Å². The lowest BCUT2D eigenvalue weighted by molar-refractivity contribution is -0.136. The number of rotatable bonds is 6. The van der Waals surface area contributed by atoms with Gasteiger partial charge in [-0.25, -0.2) is 5.48 Å². The Kier molecular flexibility index (Phi) is 6.44. The molecule has 1 aliphatic heterocycles. The molecule has 3 rings (SSSR count). The zero-order chi connectivity index (χ0) is 20.1. The van der Waals surface area contributed by atoms with Gasteiger partial charge in [-0.05, 0) is 41.7 Å². The number of ether oxygens (including phenoxy) is 1. The van der Waals surface area contributed by atoms with Gasteiger partial charge in [0.05, 0.1) is 6.10 Å². The monoisotopic (exact) mass is 382 g/mol. The first kappa shape index (κ1) is 20.0. The lowest BCUT2D eigenvalue weighted by Crippen LogP contribution is -2.49. The highest BCUT2D eigenvalue weighted by molar-refractivity contribution is 5.98. The van der Waals surface area contributed by atoms with E-state index >= 15 is 0 Å². The molecule has 2 atom stereocenters. The summed E-state index contributed by atoms with van der Waals surface area (Å²) in [5, 5.41) is 9.00. The van der Waals surface area contributed by atoms with Crippen LogP contribution in [0.25, 0.3) is 11.1 Å². The van der Waals surface area contributed by atoms with Crippen LogP contribution in [0.3, 0.4) is 0 Å². The third-order valence-corrected chi connectivity index (χ3v) is 5.24. The number of likely N-dealkylation sites (tertiary alicyclic amines) is 1. The third-order valence-electron chi connectivity index (χ3n) is 5.24. The van der Waals surface area contributed by atoms with Crippen molar-refractivity contribution < 1.29 is 19.5 Å². The normalized spacial score (nSPS) is 18.9. The fraction of sp³-hybridized carbons (Fsp3) is 0.364. The Balaban J connectivity index is 1.77. The first-order valence-corrected chi connectivity index (χ1v) is 9.56. The van der Waals surface area contributed by atoms with Gasteiger partial charge in [-0.2, -0.15) is 0 Å². The van der Waals surface area contributed by atoms with E-state index in [1.54, 1.807) is 17.6 Å². The summed E-state index contributed by atoms with van der Waals surface area (Å²) in [5.41, 5.74) is 5.57. The number of hydrogen-bond donors (Lipinski definition) is 2. The maximum Gasteiger partial charge on any atom is 0.268 e. The Morgan fingerprint density at radius 2 is 1.71 bits per heavy atom. The molecule has 0 saturated carbocycles. The molecule has 2 aromatic carbocycles. The van der Waals surface area contributed by atoms with E-state index in [2.05, 4.69) is 31.2 Å². The van der Waals surface area contributed by atoms with E-state index in [-0.39, 0.29) is 5.91 Å². The zero-order valence-electron chi connectivity index (χ0n) is 16.2. The smallest absolute Gasteiger partial charge is 0.268 e. The highest BCUT2D eigenvalue weighted by Crippen LogP contribution is 2.25. The molecule has 0 spiro atoms. The number of benzene rings is 2. The van der Waals surface area contributed by atoms with Crippen molar-refractivity contribution in [3.05, 3.63) is 59.7 Å². The van der Waals surface area contributed by atoms with Gasteiger partial charge in [0.1, 0.15) is 6.04 Å². The van der Waals surface area contributed by atoms with Gasteiger partial charge in [0.25, 0.3) is 11.8 Å². The summed E-state index contributed by atoms with van der Waals surface area (Å²) in [6.45, 7) is 2.56. The van der Waals surface area contributed by atoms with Crippen LogP contribution in [0.15, 0.2) is 48.5 Å². The van der Waals surface area contributed by atoms with Crippen molar-refractivity contribution >= 4 is 11.8 Å². The van der Waals surface area contributed by atoms with E-state index in [1.165, 1.54) is 17.6 Å². The van der Waals surface area contributed by atoms with E-state index in [0.717, 1.165) is 24.0 Å². The number of nitrogens with zero attached hydrogens (tertiary/aromatic N) is 1. The molecule has 6 heteroatoms. The van der Waals surface area contributed by atoms with Gasteiger partial charge in [0.2, 0.25) is 0 Å². The summed E-state index contributed by atoms with van der Waals surface area (Å²) in [4.78, 5) is 26.4. The highest BCUT2D eigenvalue weighted by atomic mass is 16.5. The number of methoxy groups -OCH3 is 1. The molecule has 1 saturated heterocycles. The van der Waals surface area contributed by atoms with Crippen LogP contribution >= 0.6 is 0 Å². The fourth-order valence-electron chi connectivity index (χ4n) is 3.74. The topological polar surface area (TPSA) is 78.9 Å². The Hall–Kier alpha value is -2.70. The van der Waals surface area contributed by atoms with Gasteiger partial charge >= 0.3 is 0 Å². The minimum atomic E-state index is -0.840. The SMILES string of the molecule is CCCc1ccc(-c2ccc(C(=O)N3CC[C@@H](OC)[C@H]3C(=O)NO)cc2)cc1. The summed E-state index contributed by atoms with van der Waals surface area (Å²) < 4.78 is 5.30. The van der Waals surface area contributed by atoms with E-state index in [1.807, 2.05) is 12.1 Å². The molecule has 0 radical (unpaired) electrons. The molecule has 1 aliphatic rings. The Bertz CT molecular complexity index is 817. The van der Waals surface area contributed by atoms with E-state index < -0.39 is 18.1 Å². The number of hydrogen-bond acceptors (Lipinski definition) is 4. The van der Waals surface area contributed by atoms with Gasteiger partial charge in [-0.15, -0.1) is 0 Å². The predicted molar refractivity (Wildman–Crippen MR) is 106 cm³/mol. The maximum atomic E-state index is 12.9. The van der Waals surface area contributed by atoms with Crippen LogP contribution in [0.4, 0.5) is 0 Å². The van der Waals surface area contributed by atoms with Crippen molar-refractivity contribution in [2.24, 2.45) is 0 Å². The second-order valence-corrected chi connectivity index (χ2v) is 7.01. The van der Waals surface area contributed by atoms with Crippen LogP contribution in [0, 0.1) is 0 Å². The third kappa shape index (κ3) is 4.08. The van der Waals surface area contributed by atoms with Crippen molar-refractivity contribution in [1.82, 2.24) is 10.4 Å². The predicted octanol–water partition coefficient (Wildman–Crippen LogP) is 3.04. The molecule has 2 amide bonds. The van der Waals surface area contributed by atoms with E-state index in [9.17, 15) is 9.59 Å². The van der Waals surface area contributed by atoms with E-state index in [4.69, 9.17) is 9.94 Å². The van der Waals surface area contributed by atoms with Crippen LogP contribution in [0.2, 0.25) is 0 Å². The first-order chi connectivity index (χ1) is 13.6. The molecular weight excluding hydrogens is 356 g/mol. The number of aryl methyl sites for hydroxylation is 1. The summed E-state index contributed by atoms with van der Waals surface area (Å²) in [6, 6.07) is 15.0. The molecular formula is C22H26N2O4. The average Bonchev–Trinajstić information content (AvgIpc) is 3.18. The number of nitrogens with one attached hydrogen (secondary N) is 1. The number of amides is 2. The summed E-state index contributed by atoms with van der Waals surface area (Å²) >= 11 is 0. The maximum absolute atomic E-state index is 12.9. The highest BCUT2D eigenvalue weighted by Gasteiger charge is 2.42. The number of hydroxylamine groups is 1. The molecule has 2 N–H and O–H groups in total. The molecule has 0 unspecified atom stereocenters. The Morgan fingerprint density at radius 1 is 1.11 bits per heavy atom. The molecule has 0 bridgehead atoms. The molecule has 2 aromatic rings. The minimum Gasteiger partial charge on any atom is -0.379 e. The van der Waals surface area contributed by atoms with Crippen molar-refractivity contribution in [2.45, 2.75) is 38.3 Å². The standard InChI is InChI=1S/C22H26N2O4/c1-3-4-15-5-7-16(8-6-15)17-9-11-18(12-10-17)22(26)24-14-13-19(28-2)20(24)21(25)23-27/h5-12,19-20,27H,3-4,13-14H2,1-2H3,(H,23,25)/t19-,20+/m1/s1. The summed E-state index contributed by atoms with van der Waals surface area (Å²) in [7, 11) is 1.50. The Morgan fingerprint density at radius 3 is 2.25 bits per heavy atom. The largest absolute Gasteiger partial charge is 0.379 e. The van der Waals surface area contributed by atoms with Gasteiger partial charge in [0.15, 0.2) is 0 Å². The molecule has 1 heterocycles. The van der Waals surface area contributed by atoms with Crippen LogP contribution in [-0.2, 0) is 16.0 Å². The summed E-state index contributed by atoms with van der Waals surface area (Å²) in [6.07, 6.45) is 2.29. The average molecular weight is 382 g/mol. The molecule has 148 valence electrons.